The zero-order valence-corrected chi connectivity index (χ0v) is 15.8. The number of hydrogen-bond donors (Lipinski definition) is 2. The molecule has 0 saturated heterocycles. The lowest BCUT2D eigenvalue weighted by Crippen LogP contribution is -2.26. The van der Waals surface area contributed by atoms with Crippen LogP contribution >= 0.6 is 0 Å². The molecule has 0 aromatic heterocycles. The van der Waals surface area contributed by atoms with Gasteiger partial charge < -0.3 is 10.1 Å². The summed E-state index contributed by atoms with van der Waals surface area (Å²) in [5, 5.41) is 2.79. The van der Waals surface area contributed by atoms with Crippen molar-refractivity contribution in [2.45, 2.75) is 31.2 Å². The summed E-state index contributed by atoms with van der Waals surface area (Å²) in [6.07, 6.45) is 1.66. The molecule has 1 amide bonds. The predicted octanol–water partition coefficient (Wildman–Crippen LogP) is 2.70. The lowest BCUT2D eigenvalue weighted by molar-refractivity contribution is 0.0950. The van der Waals surface area contributed by atoms with Gasteiger partial charge in [0.05, 0.1) is 12.0 Å². The van der Waals surface area contributed by atoms with Crippen LogP contribution in [0.1, 0.15) is 35.7 Å². The number of nitrogens with one attached hydrogen (secondary N) is 2. The highest BCUT2D eigenvalue weighted by molar-refractivity contribution is 7.89. The Hall–Kier alpha value is -2.38. The summed E-state index contributed by atoms with van der Waals surface area (Å²) in [5.74, 6) is 0.417. The molecule has 0 aliphatic heterocycles. The maximum Gasteiger partial charge on any atom is 0.251 e. The zero-order valence-electron chi connectivity index (χ0n) is 15.0. The van der Waals surface area contributed by atoms with Crippen molar-refractivity contribution in [3.8, 4) is 5.75 Å². The van der Waals surface area contributed by atoms with Crippen LogP contribution in [0, 0.1) is 0 Å². The van der Waals surface area contributed by atoms with Gasteiger partial charge in [0.25, 0.3) is 5.91 Å². The second-order valence-corrected chi connectivity index (χ2v) is 7.58. The molecular weight excluding hydrogens is 352 g/mol. The average Bonchev–Trinajstić information content (AvgIpc) is 2.66. The van der Waals surface area contributed by atoms with E-state index < -0.39 is 10.0 Å². The first kappa shape index (κ1) is 19.9. The molecule has 0 fully saturated rings. The van der Waals surface area contributed by atoms with E-state index in [-0.39, 0.29) is 10.8 Å². The number of amides is 1. The molecule has 140 valence electrons. The molecule has 2 aromatic carbocycles. The van der Waals surface area contributed by atoms with Gasteiger partial charge in [-0.15, -0.1) is 0 Å². The van der Waals surface area contributed by atoms with Crippen LogP contribution in [0.3, 0.4) is 0 Å². The van der Waals surface area contributed by atoms with Crippen LogP contribution < -0.4 is 14.8 Å². The number of carbonyl (C=O) groups is 1. The molecule has 2 N–H and O–H groups in total. The van der Waals surface area contributed by atoms with E-state index in [1.54, 1.807) is 19.2 Å². The topological polar surface area (TPSA) is 84.5 Å². The number of benzene rings is 2. The SMILES string of the molecule is CCCCNS(=O)(=O)c1cccc(C(=O)NCc2ccc(OC)cc2)c1. The highest BCUT2D eigenvalue weighted by Gasteiger charge is 2.15. The van der Waals surface area contributed by atoms with Gasteiger partial charge in [0, 0.05) is 18.7 Å². The minimum Gasteiger partial charge on any atom is -0.497 e. The summed E-state index contributed by atoms with van der Waals surface area (Å²) in [7, 11) is -2.02. The van der Waals surface area contributed by atoms with E-state index >= 15 is 0 Å². The monoisotopic (exact) mass is 376 g/mol. The number of carbonyl (C=O) groups excluding carboxylic acids is 1. The van der Waals surface area contributed by atoms with Gasteiger partial charge in [-0.05, 0) is 42.3 Å². The summed E-state index contributed by atoms with van der Waals surface area (Å²) < 4.78 is 32.2. The van der Waals surface area contributed by atoms with Crippen molar-refractivity contribution in [3.05, 3.63) is 59.7 Å². The number of ether oxygens (including phenoxy) is 1. The highest BCUT2D eigenvalue weighted by Crippen LogP contribution is 2.13. The Morgan fingerprint density at radius 3 is 2.50 bits per heavy atom. The first-order valence-corrected chi connectivity index (χ1v) is 9.95. The van der Waals surface area contributed by atoms with Gasteiger partial charge in [-0.1, -0.05) is 31.5 Å². The molecule has 26 heavy (non-hydrogen) atoms. The first-order valence-electron chi connectivity index (χ1n) is 8.47. The molecule has 0 aliphatic rings. The smallest absolute Gasteiger partial charge is 0.251 e. The van der Waals surface area contributed by atoms with Crippen LogP contribution in [-0.4, -0.2) is 28.0 Å². The minimum atomic E-state index is -3.61. The number of sulfonamides is 1. The van der Waals surface area contributed by atoms with Crippen molar-refractivity contribution < 1.29 is 17.9 Å². The molecule has 0 unspecified atom stereocenters. The predicted molar refractivity (Wildman–Crippen MR) is 101 cm³/mol. The van der Waals surface area contributed by atoms with Crippen LogP contribution in [0.4, 0.5) is 0 Å². The Morgan fingerprint density at radius 1 is 1.12 bits per heavy atom. The summed E-state index contributed by atoms with van der Waals surface area (Å²) in [4.78, 5) is 12.4. The zero-order chi connectivity index (χ0) is 19.0. The fourth-order valence-electron chi connectivity index (χ4n) is 2.30. The molecule has 2 rings (SSSR count). The Bertz CT molecular complexity index is 833. The highest BCUT2D eigenvalue weighted by atomic mass is 32.2. The Kier molecular flexibility index (Phi) is 7.17. The molecular formula is C19H24N2O4S. The lowest BCUT2D eigenvalue weighted by atomic mass is 10.2. The molecule has 0 radical (unpaired) electrons. The summed E-state index contributed by atoms with van der Waals surface area (Å²) in [6.45, 7) is 2.71. The van der Waals surface area contributed by atoms with Gasteiger partial charge in [-0.2, -0.15) is 0 Å². The molecule has 0 atom stereocenters. The summed E-state index contributed by atoms with van der Waals surface area (Å²) in [6, 6.07) is 13.4. The van der Waals surface area contributed by atoms with E-state index in [9.17, 15) is 13.2 Å². The van der Waals surface area contributed by atoms with Gasteiger partial charge in [0.2, 0.25) is 10.0 Å². The van der Waals surface area contributed by atoms with Gasteiger partial charge in [0.1, 0.15) is 5.75 Å². The molecule has 0 aliphatic carbocycles. The average molecular weight is 376 g/mol. The number of methoxy groups -OCH3 is 1. The van der Waals surface area contributed by atoms with Crippen molar-refractivity contribution in [1.82, 2.24) is 10.0 Å². The van der Waals surface area contributed by atoms with E-state index in [4.69, 9.17) is 4.74 Å². The lowest BCUT2D eigenvalue weighted by Gasteiger charge is -2.09. The van der Waals surface area contributed by atoms with Crippen LogP contribution in [0.2, 0.25) is 0 Å². The molecule has 0 heterocycles. The van der Waals surface area contributed by atoms with Crippen molar-refractivity contribution in [2.24, 2.45) is 0 Å². The first-order chi connectivity index (χ1) is 12.5. The van der Waals surface area contributed by atoms with Gasteiger partial charge in [0.15, 0.2) is 0 Å². The second kappa shape index (κ2) is 9.35. The molecule has 0 saturated carbocycles. The molecule has 6 nitrogen and oxygen atoms in total. The summed E-state index contributed by atoms with van der Waals surface area (Å²) >= 11 is 0. The van der Waals surface area contributed by atoms with Crippen LogP contribution in [-0.2, 0) is 16.6 Å². The third-order valence-corrected chi connectivity index (χ3v) is 5.30. The number of rotatable bonds is 9. The molecule has 0 bridgehead atoms. The molecule has 0 spiro atoms. The fraction of sp³-hybridized carbons (Fsp3) is 0.316. The standard InChI is InChI=1S/C19H24N2O4S/c1-3-4-12-21-26(23,24)18-7-5-6-16(13-18)19(22)20-14-15-8-10-17(25-2)11-9-15/h5-11,13,21H,3-4,12,14H2,1-2H3,(H,20,22). The molecule has 2 aromatic rings. The Labute approximate surface area is 154 Å². The summed E-state index contributed by atoms with van der Waals surface area (Å²) in [5.41, 5.74) is 1.22. The fourth-order valence-corrected chi connectivity index (χ4v) is 3.42. The van der Waals surface area contributed by atoms with Crippen molar-refractivity contribution in [2.75, 3.05) is 13.7 Å². The largest absolute Gasteiger partial charge is 0.497 e. The van der Waals surface area contributed by atoms with Crippen LogP contribution in [0.5, 0.6) is 5.75 Å². The normalized spacial score (nSPS) is 11.2. The third-order valence-electron chi connectivity index (χ3n) is 3.84. The Balaban J connectivity index is 2.02. The van der Waals surface area contributed by atoms with Gasteiger partial charge in [-0.3, -0.25) is 4.79 Å². The maximum absolute atomic E-state index is 12.3. The van der Waals surface area contributed by atoms with Crippen molar-refractivity contribution >= 4 is 15.9 Å². The van der Waals surface area contributed by atoms with Crippen molar-refractivity contribution in [1.29, 1.82) is 0 Å². The quantitative estimate of drug-likeness (QED) is 0.659. The minimum absolute atomic E-state index is 0.0886. The second-order valence-electron chi connectivity index (χ2n) is 5.81. The van der Waals surface area contributed by atoms with E-state index in [1.165, 1.54) is 12.1 Å². The maximum atomic E-state index is 12.3. The van der Waals surface area contributed by atoms with E-state index in [2.05, 4.69) is 10.0 Å². The van der Waals surface area contributed by atoms with Gasteiger partial charge >= 0.3 is 0 Å². The van der Waals surface area contributed by atoms with Crippen LogP contribution in [0.15, 0.2) is 53.4 Å². The van der Waals surface area contributed by atoms with E-state index in [0.29, 0.717) is 18.7 Å². The number of hydrogen-bond acceptors (Lipinski definition) is 4. The van der Waals surface area contributed by atoms with Gasteiger partial charge in [-0.25, -0.2) is 13.1 Å². The van der Waals surface area contributed by atoms with Crippen molar-refractivity contribution in [3.63, 3.8) is 0 Å². The van der Waals surface area contributed by atoms with E-state index in [0.717, 1.165) is 24.2 Å². The third kappa shape index (κ3) is 5.57. The number of unbranched alkanes of at least 4 members (excludes halogenated alkanes) is 1. The molecule has 7 heteroatoms. The Morgan fingerprint density at radius 2 is 1.85 bits per heavy atom. The van der Waals surface area contributed by atoms with Crippen LogP contribution in [0.25, 0.3) is 0 Å². The van der Waals surface area contributed by atoms with E-state index in [1.807, 2.05) is 31.2 Å².